The van der Waals surface area contributed by atoms with Crippen LogP contribution in [0.15, 0.2) is 24.4 Å². The summed E-state index contributed by atoms with van der Waals surface area (Å²) in [6, 6.07) is 6.80. The van der Waals surface area contributed by atoms with Gasteiger partial charge in [-0.3, -0.25) is 4.79 Å². The van der Waals surface area contributed by atoms with Crippen molar-refractivity contribution in [2.24, 2.45) is 0 Å². The predicted molar refractivity (Wildman–Crippen MR) is 97.7 cm³/mol. The van der Waals surface area contributed by atoms with Gasteiger partial charge in [-0.1, -0.05) is 29.0 Å². The Morgan fingerprint density at radius 1 is 1.36 bits per heavy atom. The summed E-state index contributed by atoms with van der Waals surface area (Å²) < 4.78 is 1.84. The Balaban J connectivity index is 1.58. The maximum absolute atomic E-state index is 12.4. The molecule has 1 amide bonds. The first kappa shape index (κ1) is 17.6. The van der Waals surface area contributed by atoms with E-state index in [-0.39, 0.29) is 11.9 Å². The fourth-order valence-electron chi connectivity index (χ4n) is 3.38. The van der Waals surface area contributed by atoms with E-state index in [9.17, 15) is 4.79 Å². The van der Waals surface area contributed by atoms with Gasteiger partial charge in [0.1, 0.15) is 0 Å². The monoisotopic (exact) mass is 341 g/mol. The van der Waals surface area contributed by atoms with E-state index in [1.54, 1.807) is 6.20 Å². The number of hydrogen-bond acceptors (Lipinski definition) is 4. The van der Waals surface area contributed by atoms with Gasteiger partial charge in [-0.25, -0.2) is 4.68 Å². The Morgan fingerprint density at radius 2 is 2.12 bits per heavy atom. The molecule has 1 atom stereocenters. The van der Waals surface area contributed by atoms with E-state index in [0.717, 1.165) is 32.4 Å². The van der Waals surface area contributed by atoms with E-state index in [0.29, 0.717) is 11.7 Å². The van der Waals surface area contributed by atoms with E-state index in [4.69, 9.17) is 0 Å². The van der Waals surface area contributed by atoms with Crippen molar-refractivity contribution in [3.05, 3.63) is 46.8 Å². The number of hydrogen-bond donors (Lipinski definition) is 2. The molecule has 1 fully saturated rings. The van der Waals surface area contributed by atoms with Crippen LogP contribution in [-0.2, 0) is 6.42 Å². The second-order valence-electron chi connectivity index (χ2n) is 7.07. The van der Waals surface area contributed by atoms with Crippen molar-refractivity contribution < 1.29 is 4.79 Å². The van der Waals surface area contributed by atoms with Gasteiger partial charge in [0.05, 0.1) is 12.2 Å². The van der Waals surface area contributed by atoms with Gasteiger partial charge in [0, 0.05) is 6.04 Å². The lowest BCUT2D eigenvalue weighted by Gasteiger charge is -2.22. The lowest BCUT2D eigenvalue weighted by atomic mass is 10.00. The summed E-state index contributed by atoms with van der Waals surface area (Å²) in [5.74, 6) is -0.155. The van der Waals surface area contributed by atoms with Crippen LogP contribution in [0.3, 0.4) is 0 Å². The molecule has 6 nitrogen and oxygen atoms in total. The van der Waals surface area contributed by atoms with Crippen LogP contribution in [0.5, 0.6) is 0 Å². The van der Waals surface area contributed by atoms with Crippen molar-refractivity contribution in [1.82, 2.24) is 25.6 Å². The van der Waals surface area contributed by atoms with E-state index in [1.807, 2.05) is 11.6 Å². The van der Waals surface area contributed by atoms with E-state index < -0.39 is 0 Å². The van der Waals surface area contributed by atoms with Crippen LogP contribution in [0, 0.1) is 13.8 Å². The molecule has 1 aliphatic rings. The molecule has 1 saturated heterocycles. The fourth-order valence-corrected chi connectivity index (χ4v) is 3.38. The molecule has 3 rings (SSSR count). The second kappa shape index (κ2) is 7.78. The molecule has 6 heteroatoms. The first-order valence-electron chi connectivity index (χ1n) is 9.02. The molecule has 1 unspecified atom stereocenters. The maximum Gasteiger partial charge on any atom is 0.273 e. The zero-order valence-electron chi connectivity index (χ0n) is 15.2. The highest BCUT2D eigenvalue weighted by Gasteiger charge is 2.19. The highest BCUT2D eigenvalue weighted by molar-refractivity contribution is 5.92. The molecule has 1 aromatic heterocycles. The van der Waals surface area contributed by atoms with Crippen LogP contribution in [-0.4, -0.2) is 40.0 Å². The standard InChI is InChI=1S/C19H27N5O/c1-13-4-5-16(14(2)10-13)11-15(3)21-19(25)18-12-24(23-22-18)17-6-8-20-9-7-17/h4-5,10,12,15,17,20H,6-9,11H2,1-3H3,(H,21,25). The third-order valence-corrected chi connectivity index (χ3v) is 4.83. The molecular weight excluding hydrogens is 314 g/mol. The number of rotatable bonds is 5. The normalized spacial score (nSPS) is 16.6. The smallest absolute Gasteiger partial charge is 0.273 e. The molecule has 25 heavy (non-hydrogen) atoms. The third-order valence-electron chi connectivity index (χ3n) is 4.83. The summed E-state index contributed by atoms with van der Waals surface area (Å²) in [4.78, 5) is 12.4. The Kier molecular flexibility index (Phi) is 5.48. The molecule has 0 radical (unpaired) electrons. The van der Waals surface area contributed by atoms with Crippen LogP contribution in [0.25, 0.3) is 0 Å². The molecule has 0 bridgehead atoms. The molecule has 0 saturated carbocycles. The Bertz CT molecular complexity index is 733. The van der Waals surface area contributed by atoms with E-state index >= 15 is 0 Å². The highest BCUT2D eigenvalue weighted by atomic mass is 16.2. The minimum absolute atomic E-state index is 0.0398. The zero-order valence-corrected chi connectivity index (χ0v) is 15.2. The van der Waals surface area contributed by atoms with Crippen molar-refractivity contribution in [2.75, 3.05) is 13.1 Å². The van der Waals surface area contributed by atoms with Crippen molar-refractivity contribution in [3.63, 3.8) is 0 Å². The molecule has 1 aliphatic heterocycles. The van der Waals surface area contributed by atoms with E-state index in [2.05, 4.69) is 53.0 Å². The Hall–Kier alpha value is -2.21. The molecule has 0 spiro atoms. The second-order valence-corrected chi connectivity index (χ2v) is 7.07. The number of nitrogens with zero attached hydrogens (tertiary/aromatic N) is 3. The number of aryl methyl sites for hydroxylation is 2. The van der Waals surface area contributed by atoms with Crippen molar-refractivity contribution in [1.29, 1.82) is 0 Å². The summed E-state index contributed by atoms with van der Waals surface area (Å²) in [6.07, 6.45) is 4.62. The average molecular weight is 341 g/mol. The van der Waals surface area contributed by atoms with Gasteiger partial charge in [0.2, 0.25) is 0 Å². The number of carbonyl (C=O) groups is 1. The van der Waals surface area contributed by atoms with Crippen LogP contribution in [0.1, 0.15) is 53.0 Å². The van der Waals surface area contributed by atoms with Gasteiger partial charge >= 0.3 is 0 Å². The van der Waals surface area contributed by atoms with Gasteiger partial charge in [0.25, 0.3) is 5.91 Å². The minimum atomic E-state index is -0.155. The average Bonchev–Trinajstić information content (AvgIpc) is 3.08. The molecule has 2 heterocycles. The van der Waals surface area contributed by atoms with Crippen molar-refractivity contribution >= 4 is 5.91 Å². The first-order chi connectivity index (χ1) is 12.0. The minimum Gasteiger partial charge on any atom is -0.348 e. The van der Waals surface area contributed by atoms with Gasteiger partial charge in [-0.15, -0.1) is 5.10 Å². The van der Waals surface area contributed by atoms with Crippen LogP contribution in [0.2, 0.25) is 0 Å². The molecule has 2 aromatic rings. The van der Waals surface area contributed by atoms with Crippen molar-refractivity contribution in [2.45, 2.75) is 52.1 Å². The number of aromatic nitrogens is 3. The summed E-state index contributed by atoms with van der Waals surface area (Å²) in [5.41, 5.74) is 4.17. The molecule has 1 aromatic carbocycles. The lowest BCUT2D eigenvalue weighted by Crippen LogP contribution is -2.34. The summed E-state index contributed by atoms with van der Waals surface area (Å²) in [5, 5.41) is 14.6. The third kappa shape index (κ3) is 4.45. The van der Waals surface area contributed by atoms with Crippen molar-refractivity contribution in [3.8, 4) is 0 Å². The summed E-state index contributed by atoms with van der Waals surface area (Å²) in [7, 11) is 0. The predicted octanol–water partition coefficient (Wildman–Crippen LogP) is 2.18. The summed E-state index contributed by atoms with van der Waals surface area (Å²) >= 11 is 0. The maximum atomic E-state index is 12.4. The van der Waals surface area contributed by atoms with Gasteiger partial charge < -0.3 is 10.6 Å². The number of amides is 1. The fraction of sp³-hybridized carbons (Fsp3) is 0.526. The van der Waals surface area contributed by atoms with Crippen LogP contribution in [0.4, 0.5) is 0 Å². The molecular formula is C19H27N5O. The summed E-state index contributed by atoms with van der Waals surface area (Å²) in [6.45, 7) is 8.20. The molecule has 2 N–H and O–H groups in total. The Morgan fingerprint density at radius 3 is 2.84 bits per heavy atom. The van der Waals surface area contributed by atoms with E-state index in [1.165, 1.54) is 16.7 Å². The Labute approximate surface area is 149 Å². The largest absolute Gasteiger partial charge is 0.348 e. The lowest BCUT2D eigenvalue weighted by molar-refractivity contribution is 0.0935. The van der Waals surface area contributed by atoms with Gasteiger partial charge in [-0.2, -0.15) is 0 Å². The number of nitrogens with one attached hydrogen (secondary N) is 2. The first-order valence-corrected chi connectivity index (χ1v) is 9.02. The number of piperidine rings is 1. The van der Waals surface area contributed by atoms with Crippen LogP contribution >= 0.6 is 0 Å². The number of carbonyl (C=O) groups excluding carboxylic acids is 1. The highest BCUT2D eigenvalue weighted by Crippen LogP contribution is 2.17. The SMILES string of the molecule is Cc1ccc(CC(C)NC(=O)c2cn(C3CCNCC3)nn2)c(C)c1. The zero-order chi connectivity index (χ0) is 17.8. The number of benzene rings is 1. The van der Waals surface area contributed by atoms with Gasteiger partial charge in [-0.05, 0) is 64.3 Å². The van der Waals surface area contributed by atoms with Gasteiger partial charge in [0.15, 0.2) is 5.69 Å². The quantitative estimate of drug-likeness (QED) is 0.874. The van der Waals surface area contributed by atoms with Crippen LogP contribution < -0.4 is 10.6 Å². The topological polar surface area (TPSA) is 71.8 Å². The molecule has 134 valence electrons. The molecule has 0 aliphatic carbocycles.